The minimum atomic E-state index is -0.120. The molecule has 2 nitrogen and oxygen atoms in total. The summed E-state index contributed by atoms with van der Waals surface area (Å²) < 4.78 is 0. The van der Waals surface area contributed by atoms with Crippen molar-refractivity contribution in [2.45, 2.75) is 19.3 Å². The summed E-state index contributed by atoms with van der Waals surface area (Å²) >= 11 is 0. The number of aromatic nitrogens is 2. The van der Waals surface area contributed by atoms with Crippen LogP contribution in [0.5, 0.6) is 0 Å². The first-order valence-electron chi connectivity index (χ1n) is 20.4. The molecule has 9 aromatic carbocycles. The lowest BCUT2D eigenvalue weighted by atomic mass is 9.81. The van der Waals surface area contributed by atoms with Crippen molar-refractivity contribution in [3.05, 3.63) is 217 Å². The van der Waals surface area contributed by atoms with Gasteiger partial charge >= 0.3 is 0 Å². The Morgan fingerprint density at radius 2 is 0.864 bits per heavy atom. The molecule has 59 heavy (non-hydrogen) atoms. The Morgan fingerprint density at radius 1 is 0.322 bits per heavy atom. The van der Waals surface area contributed by atoms with E-state index in [9.17, 15) is 0 Å². The van der Waals surface area contributed by atoms with Crippen molar-refractivity contribution in [1.29, 1.82) is 0 Å². The van der Waals surface area contributed by atoms with Crippen molar-refractivity contribution in [2.24, 2.45) is 0 Å². The molecule has 0 amide bonds. The third kappa shape index (κ3) is 5.87. The van der Waals surface area contributed by atoms with E-state index in [-0.39, 0.29) is 5.41 Å². The van der Waals surface area contributed by atoms with Crippen LogP contribution in [-0.4, -0.2) is 9.97 Å². The summed E-state index contributed by atoms with van der Waals surface area (Å²) in [7, 11) is 0. The fraction of sp³-hybridized carbons (Fsp3) is 0.0526. The summed E-state index contributed by atoms with van der Waals surface area (Å²) in [4.78, 5) is 10.6. The largest absolute Gasteiger partial charge is 0.228 e. The summed E-state index contributed by atoms with van der Waals surface area (Å²) in [5.74, 6) is 0.696. The lowest BCUT2D eigenvalue weighted by Gasteiger charge is -2.22. The second kappa shape index (κ2) is 13.9. The third-order valence-electron chi connectivity index (χ3n) is 12.3. The highest BCUT2D eigenvalue weighted by molar-refractivity contribution is 6.11. The molecule has 1 aliphatic carbocycles. The van der Waals surface area contributed by atoms with Crippen LogP contribution in [0.15, 0.2) is 206 Å². The number of fused-ring (bicyclic) bond motifs is 6. The van der Waals surface area contributed by atoms with Crippen LogP contribution in [0.3, 0.4) is 0 Å². The Balaban J connectivity index is 1.10. The molecule has 0 spiro atoms. The van der Waals surface area contributed by atoms with Gasteiger partial charge in [0.05, 0.1) is 11.4 Å². The number of nitrogens with zero attached hydrogens (tertiary/aromatic N) is 2. The monoisotopic (exact) mass is 752 g/mol. The highest BCUT2D eigenvalue weighted by Crippen LogP contribution is 2.55. The topological polar surface area (TPSA) is 25.8 Å². The van der Waals surface area contributed by atoms with Crippen molar-refractivity contribution >= 4 is 21.5 Å². The fourth-order valence-corrected chi connectivity index (χ4v) is 9.32. The molecule has 0 saturated heterocycles. The van der Waals surface area contributed by atoms with Gasteiger partial charge in [0.2, 0.25) is 0 Å². The van der Waals surface area contributed by atoms with Gasteiger partial charge in [-0.05, 0) is 89.3 Å². The van der Waals surface area contributed by atoms with Crippen LogP contribution >= 0.6 is 0 Å². The predicted molar refractivity (Wildman–Crippen MR) is 247 cm³/mol. The Labute approximate surface area is 345 Å². The van der Waals surface area contributed by atoms with E-state index in [1.165, 1.54) is 60.7 Å². The van der Waals surface area contributed by atoms with E-state index >= 15 is 0 Å². The molecule has 0 unspecified atom stereocenters. The summed E-state index contributed by atoms with van der Waals surface area (Å²) in [5, 5.41) is 4.93. The predicted octanol–water partition coefficient (Wildman–Crippen LogP) is 15.1. The van der Waals surface area contributed by atoms with E-state index in [0.29, 0.717) is 5.82 Å². The zero-order chi connectivity index (χ0) is 39.5. The van der Waals surface area contributed by atoms with E-state index in [0.717, 1.165) is 44.6 Å². The maximum absolute atomic E-state index is 5.36. The van der Waals surface area contributed by atoms with Crippen LogP contribution < -0.4 is 0 Å². The summed E-state index contributed by atoms with van der Waals surface area (Å²) in [6.07, 6.45) is 0. The van der Waals surface area contributed by atoms with Gasteiger partial charge < -0.3 is 0 Å². The van der Waals surface area contributed by atoms with Gasteiger partial charge in [-0.2, -0.15) is 0 Å². The van der Waals surface area contributed by atoms with Crippen LogP contribution in [0.1, 0.15) is 25.0 Å². The molecule has 0 saturated carbocycles. The van der Waals surface area contributed by atoms with Gasteiger partial charge in [-0.3, -0.25) is 0 Å². The number of benzene rings is 9. The number of hydrogen-bond donors (Lipinski definition) is 0. The van der Waals surface area contributed by atoms with Crippen molar-refractivity contribution in [3.8, 4) is 78.4 Å². The molecule has 0 atom stereocenters. The normalized spacial score (nSPS) is 12.7. The van der Waals surface area contributed by atoms with E-state index in [1.54, 1.807) is 0 Å². The quantitative estimate of drug-likeness (QED) is 0.169. The van der Waals surface area contributed by atoms with E-state index in [4.69, 9.17) is 9.97 Å². The zero-order valence-corrected chi connectivity index (χ0v) is 33.0. The Hall–Kier alpha value is -7.42. The van der Waals surface area contributed by atoms with Gasteiger partial charge in [-0.25, -0.2) is 9.97 Å². The highest BCUT2D eigenvalue weighted by Gasteiger charge is 2.38. The molecule has 0 N–H and O–H groups in total. The smallest absolute Gasteiger partial charge is 0.160 e. The molecule has 0 bridgehead atoms. The molecular formula is C57H40N2. The van der Waals surface area contributed by atoms with E-state index in [1.807, 2.05) is 0 Å². The molecule has 0 aliphatic heterocycles. The van der Waals surface area contributed by atoms with Gasteiger partial charge in [-0.15, -0.1) is 0 Å². The van der Waals surface area contributed by atoms with Gasteiger partial charge in [0, 0.05) is 22.1 Å². The molecular weight excluding hydrogens is 713 g/mol. The van der Waals surface area contributed by atoms with Crippen LogP contribution in [-0.2, 0) is 5.41 Å². The molecule has 0 fully saturated rings. The highest BCUT2D eigenvalue weighted by atomic mass is 14.9. The van der Waals surface area contributed by atoms with Crippen LogP contribution in [0.2, 0.25) is 0 Å². The number of rotatable bonds is 6. The molecule has 10 aromatic rings. The van der Waals surface area contributed by atoms with E-state index < -0.39 is 0 Å². The van der Waals surface area contributed by atoms with Gasteiger partial charge in [-0.1, -0.05) is 208 Å². The maximum Gasteiger partial charge on any atom is 0.160 e. The average Bonchev–Trinajstić information content (AvgIpc) is 3.55. The van der Waals surface area contributed by atoms with Crippen LogP contribution in [0.4, 0.5) is 0 Å². The lowest BCUT2D eigenvalue weighted by molar-refractivity contribution is 0.661. The van der Waals surface area contributed by atoms with Gasteiger partial charge in [0.25, 0.3) is 0 Å². The van der Waals surface area contributed by atoms with Crippen molar-refractivity contribution in [1.82, 2.24) is 9.97 Å². The molecule has 2 heteroatoms. The Bertz CT molecular complexity index is 3220. The SMILES string of the molecule is CC1(C)c2cccc(-c3ccc(-c4cc(-c5cccc(-c6ccccc6)c5)nc(-c5ccc(-c6ccccc6)cc5)n4)c4ccccc34)c2-c2c1ccc1ccccc21. The summed E-state index contributed by atoms with van der Waals surface area (Å²) in [6, 6.07) is 74.2. The molecule has 1 heterocycles. The molecule has 11 rings (SSSR count). The molecule has 1 aromatic heterocycles. The summed E-state index contributed by atoms with van der Waals surface area (Å²) in [6.45, 7) is 4.74. The van der Waals surface area contributed by atoms with Crippen molar-refractivity contribution in [3.63, 3.8) is 0 Å². The minimum Gasteiger partial charge on any atom is -0.228 e. The second-order valence-corrected chi connectivity index (χ2v) is 16.1. The van der Waals surface area contributed by atoms with Crippen LogP contribution in [0, 0.1) is 0 Å². The van der Waals surface area contributed by atoms with Crippen LogP contribution in [0.25, 0.3) is 100.0 Å². The van der Waals surface area contributed by atoms with E-state index in [2.05, 4.69) is 220 Å². The average molecular weight is 753 g/mol. The third-order valence-corrected chi connectivity index (χ3v) is 12.3. The van der Waals surface area contributed by atoms with Crippen molar-refractivity contribution < 1.29 is 0 Å². The maximum atomic E-state index is 5.36. The first kappa shape index (κ1) is 34.8. The molecule has 278 valence electrons. The summed E-state index contributed by atoms with van der Waals surface area (Å²) in [5.41, 5.74) is 17.4. The lowest BCUT2D eigenvalue weighted by Crippen LogP contribution is -2.14. The first-order chi connectivity index (χ1) is 29.0. The first-order valence-corrected chi connectivity index (χ1v) is 20.4. The standard InChI is InChI=1S/C57H40N2/c1-57(2)50-26-14-25-49(55(50)54-44-22-10-9-19-40(44)31-34-51(54)57)47-32-33-48(46-24-12-11-23-45(46)47)53-36-52(43-21-13-20-42(35-43)38-17-7-4-8-18-38)58-56(59-53)41-29-27-39(28-30-41)37-15-5-3-6-16-37/h3-36H,1-2H3. The molecule has 1 aliphatic rings. The van der Waals surface area contributed by atoms with Gasteiger partial charge in [0.1, 0.15) is 0 Å². The Kier molecular flexibility index (Phi) is 8.20. The minimum absolute atomic E-state index is 0.120. The van der Waals surface area contributed by atoms with Gasteiger partial charge in [0.15, 0.2) is 5.82 Å². The fourth-order valence-electron chi connectivity index (χ4n) is 9.32. The second-order valence-electron chi connectivity index (χ2n) is 16.1. The Morgan fingerprint density at radius 3 is 1.63 bits per heavy atom. The van der Waals surface area contributed by atoms with Crippen molar-refractivity contribution in [2.75, 3.05) is 0 Å². The zero-order valence-electron chi connectivity index (χ0n) is 33.0. The number of hydrogen-bond acceptors (Lipinski definition) is 2. The molecule has 0 radical (unpaired) electrons.